The Bertz CT molecular complexity index is 1440. The minimum absolute atomic E-state index is 0.000445. The zero-order valence-electron chi connectivity index (χ0n) is 18.6. The average molecular weight is 517 g/mol. The van der Waals surface area contributed by atoms with E-state index in [9.17, 15) is 21.6 Å². The first-order chi connectivity index (χ1) is 16.6. The second kappa shape index (κ2) is 10.1. The quantitative estimate of drug-likeness (QED) is 0.422. The molecule has 1 amide bonds. The molecule has 0 bridgehead atoms. The summed E-state index contributed by atoms with van der Waals surface area (Å²) in [6, 6.07) is 18.6. The summed E-state index contributed by atoms with van der Waals surface area (Å²) in [5.41, 5.74) is 0.946. The second-order valence-corrected chi connectivity index (χ2v) is 11.3. The standard InChI is InChI=1S/C24H24N2O7S2/c25-34(28,29)22-8-4-5-9-23(22)35(30,31)26-24(27)19-12-13-20(21(14-19)33-16-18-10-11-18)32-15-17-6-2-1-3-7-17/h1-9,12-14,18H,10-11,15-16H2,(H,26,27)(H2,25,28,29). The number of hydrogen-bond acceptors (Lipinski definition) is 7. The topological polar surface area (TPSA) is 142 Å². The predicted octanol–water partition coefficient (Wildman–Crippen LogP) is 2.82. The molecule has 1 saturated carbocycles. The third-order valence-corrected chi connectivity index (χ3v) is 7.77. The van der Waals surface area contributed by atoms with Crippen LogP contribution in [0.5, 0.6) is 11.5 Å². The van der Waals surface area contributed by atoms with Gasteiger partial charge in [-0.25, -0.2) is 26.7 Å². The molecule has 9 nitrogen and oxygen atoms in total. The summed E-state index contributed by atoms with van der Waals surface area (Å²) in [6.07, 6.45) is 2.12. The Kier molecular flexibility index (Phi) is 7.10. The number of nitrogens with one attached hydrogen (secondary N) is 1. The largest absolute Gasteiger partial charge is 0.489 e. The second-order valence-electron chi connectivity index (χ2n) is 8.12. The maximum absolute atomic E-state index is 12.8. The highest BCUT2D eigenvalue weighted by Gasteiger charge is 2.27. The summed E-state index contributed by atoms with van der Waals surface area (Å²) in [5.74, 6) is 0.195. The molecule has 3 aromatic carbocycles. The fraction of sp³-hybridized carbons (Fsp3) is 0.208. The van der Waals surface area contributed by atoms with E-state index in [0.29, 0.717) is 24.0 Å². The van der Waals surface area contributed by atoms with Gasteiger partial charge in [0.1, 0.15) is 16.4 Å². The molecule has 0 spiro atoms. The molecule has 11 heteroatoms. The van der Waals surface area contributed by atoms with Crippen molar-refractivity contribution in [2.24, 2.45) is 11.1 Å². The van der Waals surface area contributed by atoms with Crippen molar-refractivity contribution in [2.45, 2.75) is 29.2 Å². The number of rotatable bonds is 10. The van der Waals surface area contributed by atoms with Crippen molar-refractivity contribution in [1.29, 1.82) is 0 Å². The normalized spacial score (nSPS) is 13.7. The Morgan fingerprint density at radius 1 is 0.857 bits per heavy atom. The third kappa shape index (κ3) is 6.38. The number of nitrogens with two attached hydrogens (primary N) is 1. The van der Waals surface area contributed by atoms with Crippen molar-refractivity contribution in [1.82, 2.24) is 4.72 Å². The van der Waals surface area contributed by atoms with Gasteiger partial charge in [-0.1, -0.05) is 42.5 Å². The summed E-state index contributed by atoms with van der Waals surface area (Å²) in [5, 5.41) is 5.13. The van der Waals surface area contributed by atoms with Gasteiger partial charge in [0.15, 0.2) is 11.5 Å². The van der Waals surface area contributed by atoms with Crippen molar-refractivity contribution in [2.75, 3.05) is 6.61 Å². The van der Waals surface area contributed by atoms with E-state index in [1.807, 2.05) is 35.1 Å². The van der Waals surface area contributed by atoms with Gasteiger partial charge in [-0.2, -0.15) is 0 Å². The molecule has 3 aromatic rings. The maximum Gasteiger partial charge on any atom is 0.265 e. The summed E-state index contributed by atoms with van der Waals surface area (Å²) in [6.45, 7) is 0.734. The highest BCUT2D eigenvalue weighted by molar-refractivity contribution is 7.92. The summed E-state index contributed by atoms with van der Waals surface area (Å²) >= 11 is 0. The number of hydrogen-bond donors (Lipinski definition) is 2. The lowest BCUT2D eigenvalue weighted by Crippen LogP contribution is -2.32. The van der Waals surface area contributed by atoms with Gasteiger partial charge in [0.05, 0.1) is 6.61 Å². The van der Waals surface area contributed by atoms with Crippen molar-refractivity contribution in [3.05, 3.63) is 83.9 Å². The molecule has 4 rings (SSSR count). The van der Waals surface area contributed by atoms with E-state index < -0.39 is 35.7 Å². The van der Waals surface area contributed by atoms with Gasteiger partial charge in [-0.05, 0) is 54.7 Å². The molecule has 0 heterocycles. The van der Waals surface area contributed by atoms with Crippen LogP contribution in [0, 0.1) is 5.92 Å². The monoisotopic (exact) mass is 516 g/mol. The van der Waals surface area contributed by atoms with E-state index in [2.05, 4.69) is 0 Å². The molecular weight excluding hydrogens is 492 g/mol. The summed E-state index contributed by atoms with van der Waals surface area (Å²) in [4.78, 5) is 11.6. The maximum atomic E-state index is 12.8. The van der Waals surface area contributed by atoms with E-state index >= 15 is 0 Å². The van der Waals surface area contributed by atoms with Crippen LogP contribution in [0.1, 0.15) is 28.8 Å². The van der Waals surface area contributed by atoms with Crippen molar-refractivity contribution < 1.29 is 31.1 Å². The number of carbonyl (C=O) groups excluding carboxylic acids is 1. The molecule has 0 radical (unpaired) electrons. The van der Waals surface area contributed by atoms with Crippen LogP contribution in [0.4, 0.5) is 0 Å². The van der Waals surface area contributed by atoms with Crippen molar-refractivity contribution in [3.8, 4) is 11.5 Å². The van der Waals surface area contributed by atoms with Gasteiger partial charge in [-0.3, -0.25) is 4.79 Å². The van der Waals surface area contributed by atoms with E-state index in [-0.39, 0.29) is 12.2 Å². The Labute approximate surface area is 204 Å². The average Bonchev–Trinajstić information content (AvgIpc) is 3.66. The Morgan fingerprint density at radius 3 is 2.17 bits per heavy atom. The van der Waals surface area contributed by atoms with E-state index in [1.54, 1.807) is 0 Å². The van der Waals surface area contributed by atoms with Crippen LogP contribution in [0.3, 0.4) is 0 Å². The molecule has 3 N–H and O–H groups in total. The lowest BCUT2D eigenvalue weighted by atomic mass is 10.2. The molecule has 0 aliphatic heterocycles. The SMILES string of the molecule is NS(=O)(=O)c1ccccc1S(=O)(=O)NC(=O)c1ccc(OCc2ccccc2)c(OCC2CC2)c1. The van der Waals surface area contributed by atoms with Gasteiger partial charge < -0.3 is 9.47 Å². The Morgan fingerprint density at radius 2 is 1.51 bits per heavy atom. The van der Waals surface area contributed by atoms with Crippen LogP contribution in [0.15, 0.2) is 82.6 Å². The molecule has 1 aliphatic rings. The fourth-order valence-electron chi connectivity index (χ4n) is 3.25. The summed E-state index contributed by atoms with van der Waals surface area (Å²) < 4.78 is 62.9. The zero-order valence-corrected chi connectivity index (χ0v) is 20.2. The molecule has 0 saturated heterocycles. The van der Waals surface area contributed by atoms with Gasteiger partial charge in [0.25, 0.3) is 15.9 Å². The molecule has 1 aliphatic carbocycles. The number of carbonyl (C=O) groups is 1. The number of primary sulfonamides is 1. The third-order valence-electron chi connectivity index (χ3n) is 5.29. The molecule has 1 fully saturated rings. The van der Waals surface area contributed by atoms with Gasteiger partial charge in [0, 0.05) is 5.56 Å². The van der Waals surface area contributed by atoms with Crippen LogP contribution in [0.2, 0.25) is 0 Å². The minimum Gasteiger partial charge on any atom is -0.489 e. The molecule has 184 valence electrons. The van der Waals surface area contributed by atoms with Crippen LogP contribution < -0.4 is 19.3 Å². The highest BCUT2D eigenvalue weighted by atomic mass is 32.2. The fourth-order valence-corrected chi connectivity index (χ4v) is 5.61. The molecule has 0 aromatic heterocycles. The number of ether oxygens (including phenoxy) is 2. The first-order valence-corrected chi connectivity index (χ1v) is 13.8. The lowest BCUT2D eigenvalue weighted by Gasteiger charge is -2.15. The Balaban J connectivity index is 1.56. The number of benzene rings is 3. The van der Waals surface area contributed by atoms with Crippen molar-refractivity contribution in [3.63, 3.8) is 0 Å². The van der Waals surface area contributed by atoms with Crippen LogP contribution in [0.25, 0.3) is 0 Å². The predicted molar refractivity (Wildman–Crippen MR) is 128 cm³/mol. The highest BCUT2D eigenvalue weighted by Crippen LogP contribution is 2.34. The number of amides is 1. The summed E-state index contributed by atoms with van der Waals surface area (Å²) in [7, 11) is -8.87. The van der Waals surface area contributed by atoms with Crippen LogP contribution in [-0.4, -0.2) is 29.3 Å². The molecule has 0 atom stereocenters. The minimum atomic E-state index is -4.54. The molecular formula is C24H24N2O7S2. The first-order valence-electron chi connectivity index (χ1n) is 10.8. The molecule has 0 unspecified atom stereocenters. The van der Waals surface area contributed by atoms with Crippen LogP contribution in [-0.2, 0) is 26.7 Å². The lowest BCUT2D eigenvalue weighted by molar-refractivity contribution is 0.0980. The van der Waals surface area contributed by atoms with E-state index in [4.69, 9.17) is 14.6 Å². The van der Waals surface area contributed by atoms with E-state index in [0.717, 1.165) is 30.5 Å². The first kappa shape index (κ1) is 24.7. The van der Waals surface area contributed by atoms with E-state index in [1.165, 1.54) is 30.3 Å². The van der Waals surface area contributed by atoms with Gasteiger partial charge in [-0.15, -0.1) is 0 Å². The van der Waals surface area contributed by atoms with Gasteiger partial charge >= 0.3 is 0 Å². The molecule has 35 heavy (non-hydrogen) atoms. The smallest absolute Gasteiger partial charge is 0.265 e. The number of sulfonamides is 2. The van der Waals surface area contributed by atoms with Crippen molar-refractivity contribution >= 4 is 26.0 Å². The van der Waals surface area contributed by atoms with Gasteiger partial charge in [0.2, 0.25) is 10.0 Å². The Hall–Kier alpha value is -3.41. The van der Waals surface area contributed by atoms with Crippen LogP contribution >= 0.6 is 0 Å². The zero-order chi connectivity index (χ0) is 25.1.